The smallest absolute Gasteiger partial charge is 0.0540 e. The van der Waals surface area contributed by atoms with E-state index in [1.54, 1.807) is 0 Å². The van der Waals surface area contributed by atoms with Crippen molar-refractivity contribution in [3.63, 3.8) is 0 Å². The van der Waals surface area contributed by atoms with E-state index in [1.807, 2.05) is 22.7 Å². The normalized spacial score (nSPS) is 11.7. The quantitative estimate of drug-likeness (QED) is 0.178. The first-order valence-electron chi connectivity index (χ1n) is 16.6. The Morgan fingerprint density at radius 3 is 1.73 bits per heavy atom. The summed E-state index contributed by atoms with van der Waals surface area (Å²) in [5, 5.41) is 7.75. The molecule has 0 aliphatic carbocycles. The molecule has 49 heavy (non-hydrogen) atoms. The van der Waals surface area contributed by atoms with Crippen molar-refractivity contribution in [2.24, 2.45) is 0 Å². The van der Waals surface area contributed by atoms with E-state index in [0.717, 1.165) is 11.4 Å². The molecular formula is C46H29NS2. The Kier molecular flexibility index (Phi) is 6.61. The predicted molar refractivity (Wildman–Crippen MR) is 215 cm³/mol. The standard InChI is InChI=1S/C46H29NS2/c1-3-11-30(12-4-1)35-24-25-42(37-16-8-7-15-36(35)37)47(33-13-5-2-6-14-33)34-21-23-40-39-22-19-32(28-45(39)49-46(40)29-34)31-20-26-44-41(27-31)38-17-9-10-18-43(38)48-44/h1-29H. The van der Waals surface area contributed by atoms with Crippen molar-refractivity contribution >= 4 is 90.9 Å². The number of hydrogen-bond acceptors (Lipinski definition) is 3. The minimum atomic E-state index is 1.14. The van der Waals surface area contributed by atoms with Gasteiger partial charge in [-0.1, -0.05) is 121 Å². The summed E-state index contributed by atoms with van der Waals surface area (Å²) >= 11 is 3.75. The monoisotopic (exact) mass is 659 g/mol. The van der Waals surface area contributed by atoms with Crippen molar-refractivity contribution in [1.29, 1.82) is 0 Å². The highest BCUT2D eigenvalue weighted by atomic mass is 32.1. The van der Waals surface area contributed by atoms with Crippen LogP contribution in [-0.2, 0) is 0 Å². The fourth-order valence-electron chi connectivity index (χ4n) is 7.34. The first-order chi connectivity index (χ1) is 24.3. The van der Waals surface area contributed by atoms with Gasteiger partial charge in [-0.3, -0.25) is 0 Å². The van der Waals surface area contributed by atoms with Crippen LogP contribution in [-0.4, -0.2) is 0 Å². The van der Waals surface area contributed by atoms with E-state index >= 15 is 0 Å². The summed E-state index contributed by atoms with van der Waals surface area (Å²) in [5.41, 5.74) is 8.45. The van der Waals surface area contributed by atoms with E-state index in [-0.39, 0.29) is 0 Å². The lowest BCUT2D eigenvalue weighted by molar-refractivity contribution is 1.30. The van der Waals surface area contributed by atoms with Crippen LogP contribution >= 0.6 is 22.7 Å². The summed E-state index contributed by atoms with van der Waals surface area (Å²) in [6.45, 7) is 0. The maximum absolute atomic E-state index is 2.41. The summed E-state index contributed by atoms with van der Waals surface area (Å²) in [5.74, 6) is 0. The molecule has 2 aromatic heterocycles. The number of thiophene rings is 2. The van der Waals surface area contributed by atoms with Gasteiger partial charge in [-0.25, -0.2) is 0 Å². The van der Waals surface area contributed by atoms with Crippen LogP contribution in [0, 0.1) is 0 Å². The molecule has 0 unspecified atom stereocenters. The molecule has 0 aliphatic rings. The molecule has 1 nitrogen and oxygen atoms in total. The molecule has 3 heteroatoms. The number of nitrogens with zero attached hydrogens (tertiary/aromatic N) is 1. The first kappa shape index (κ1) is 28.3. The first-order valence-corrected chi connectivity index (χ1v) is 18.2. The van der Waals surface area contributed by atoms with Gasteiger partial charge in [0, 0.05) is 57.1 Å². The Balaban J connectivity index is 1.11. The van der Waals surface area contributed by atoms with Crippen molar-refractivity contribution < 1.29 is 0 Å². The Morgan fingerprint density at radius 2 is 0.898 bits per heavy atom. The summed E-state index contributed by atoms with van der Waals surface area (Å²) < 4.78 is 5.28. The van der Waals surface area contributed by atoms with Crippen molar-refractivity contribution in [2.75, 3.05) is 4.90 Å². The summed E-state index contributed by atoms with van der Waals surface area (Å²) in [6, 6.07) is 64.4. The highest BCUT2D eigenvalue weighted by molar-refractivity contribution is 7.26. The zero-order valence-electron chi connectivity index (χ0n) is 26.5. The molecule has 2 heterocycles. The zero-order valence-corrected chi connectivity index (χ0v) is 28.1. The van der Waals surface area contributed by atoms with Gasteiger partial charge in [0.05, 0.1) is 5.69 Å². The molecule has 0 saturated carbocycles. The molecule has 0 atom stereocenters. The molecule has 0 fully saturated rings. The largest absolute Gasteiger partial charge is 0.310 e. The number of benzene rings is 8. The molecule has 0 radical (unpaired) electrons. The molecule has 0 saturated heterocycles. The average molecular weight is 660 g/mol. The van der Waals surface area contributed by atoms with E-state index < -0.39 is 0 Å². The van der Waals surface area contributed by atoms with Crippen LogP contribution in [0.4, 0.5) is 17.1 Å². The lowest BCUT2D eigenvalue weighted by atomic mass is 9.96. The molecule has 0 N–H and O–H groups in total. The van der Waals surface area contributed by atoms with Gasteiger partial charge in [0.1, 0.15) is 0 Å². The lowest BCUT2D eigenvalue weighted by Crippen LogP contribution is -2.10. The summed E-state index contributed by atoms with van der Waals surface area (Å²) in [7, 11) is 0. The van der Waals surface area contributed by atoms with Crippen LogP contribution in [0.1, 0.15) is 0 Å². The molecule has 0 bridgehead atoms. The molecule has 10 rings (SSSR count). The minimum Gasteiger partial charge on any atom is -0.310 e. The summed E-state index contributed by atoms with van der Waals surface area (Å²) in [4.78, 5) is 2.41. The second-order valence-corrected chi connectivity index (χ2v) is 14.7. The minimum absolute atomic E-state index is 1.14. The second-order valence-electron chi connectivity index (χ2n) is 12.5. The topological polar surface area (TPSA) is 3.24 Å². The number of fused-ring (bicyclic) bond motifs is 7. The van der Waals surface area contributed by atoms with Gasteiger partial charge in [0.2, 0.25) is 0 Å². The van der Waals surface area contributed by atoms with Gasteiger partial charge in [-0.05, 0) is 82.2 Å². The third-order valence-corrected chi connectivity index (χ3v) is 11.9. The lowest BCUT2D eigenvalue weighted by Gasteiger charge is -2.27. The molecule has 8 aromatic carbocycles. The third kappa shape index (κ3) is 4.74. The summed E-state index contributed by atoms with van der Waals surface area (Å²) in [6.07, 6.45) is 0. The highest BCUT2D eigenvalue weighted by Crippen LogP contribution is 2.45. The maximum atomic E-state index is 2.41. The SMILES string of the molecule is c1ccc(-c2ccc(N(c3ccccc3)c3ccc4c(c3)sc3cc(-c5ccc6sc7ccccc7c6c5)ccc34)c3ccccc23)cc1. The van der Waals surface area contributed by atoms with Crippen molar-refractivity contribution in [3.05, 3.63) is 176 Å². The van der Waals surface area contributed by atoms with Gasteiger partial charge >= 0.3 is 0 Å². The van der Waals surface area contributed by atoms with Crippen LogP contribution in [0.25, 0.3) is 73.4 Å². The fourth-order valence-corrected chi connectivity index (χ4v) is 9.61. The maximum Gasteiger partial charge on any atom is 0.0540 e. The van der Waals surface area contributed by atoms with E-state index in [9.17, 15) is 0 Å². The van der Waals surface area contributed by atoms with Gasteiger partial charge in [-0.15, -0.1) is 22.7 Å². The van der Waals surface area contributed by atoms with E-state index in [2.05, 4.69) is 181 Å². The van der Waals surface area contributed by atoms with Crippen LogP contribution in [0.3, 0.4) is 0 Å². The Morgan fingerprint density at radius 1 is 0.306 bits per heavy atom. The van der Waals surface area contributed by atoms with Gasteiger partial charge in [0.25, 0.3) is 0 Å². The third-order valence-electron chi connectivity index (χ3n) is 9.67. The molecule has 0 aliphatic heterocycles. The number of hydrogen-bond donors (Lipinski definition) is 0. The second kappa shape index (κ2) is 11.5. The van der Waals surface area contributed by atoms with E-state index in [0.29, 0.717) is 0 Å². The fraction of sp³-hybridized carbons (Fsp3) is 0. The van der Waals surface area contributed by atoms with Crippen LogP contribution in [0.5, 0.6) is 0 Å². The van der Waals surface area contributed by atoms with Crippen LogP contribution in [0.15, 0.2) is 176 Å². The molecular weight excluding hydrogens is 631 g/mol. The number of rotatable bonds is 5. The Hall–Kier alpha value is -5.74. The van der Waals surface area contributed by atoms with Crippen LogP contribution < -0.4 is 4.90 Å². The van der Waals surface area contributed by atoms with Gasteiger partial charge in [0.15, 0.2) is 0 Å². The zero-order chi connectivity index (χ0) is 32.3. The van der Waals surface area contributed by atoms with Gasteiger partial charge in [-0.2, -0.15) is 0 Å². The van der Waals surface area contributed by atoms with Crippen LogP contribution in [0.2, 0.25) is 0 Å². The molecule has 230 valence electrons. The Labute approximate surface area is 292 Å². The number of anilines is 3. The Bertz CT molecular complexity index is 2830. The van der Waals surface area contributed by atoms with E-state index in [4.69, 9.17) is 0 Å². The average Bonchev–Trinajstić information content (AvgIpc) is 3.73. The van der Waals surface area contributed by atoms with Crippen molar-refractivity contribution in [2.45, 2.75) is 0 Å². The van der Waals surface area contributed by atoms with E-state index in [1.165, 1.54) is 79.1 Å². The molecule has 0 amide bonds. The van der Waals surface area contributed by atoms with Gasteiger partial charge < -0.3 is 4.90 Å². The predicted octanol–water partition coefficient (Wildman–Crippen LogP) is 14.4. The van der Waals surface area contributed by atoms with Crippen molar-refractivity contribution in [3.8, 4) is 22.3 Å². The molecule has 10 aromatic rings. The number of para-hydroxylation sites is 1. The molecule has 0 spiro atoms. The highest BCUT2D eigenvalue weighted by Gasteiger charge is 2.18. The van der Waals surface area contributed by atoms with Crippen molar-refractivity contribution in [1.82, 2.24) is 0 Å².